The SMILES string of the molecule is CCOC(=O)C[C@H]1C[N+]([O-])=C(C)[C@]1(C)CCC(=O)O. The fourth-order valence-electron chi connectivity index (χ4n) is 2.58. The first kappa shape index (κ1) is 15.5. The highest BCUT2D eigenvalue weighted by atomic mass is 16.5. The number of carbonyl (C=O) groups excluding carboxylic acids is 1. The Morgan fingerprint density at radius 2 is 2.21 bits per heavy atom. The second-order valence-corrected chi connectivity index (χ2v) is 5.16. The summed E-state index contributed by atoms with van der Waals surface area (Å²) in [5.41, 5.74) is 0.0513. The van der Waals surface area contributed by atoms with Crippen LogP contribution in [0.25, 0.3) is 0 Å². The highest BCUT2D eigenvalue weighted by molar-refractivity contribution is 5.86. The highest BCUT2D eigenvalue weighted by Gasteiger charge is 2.48. The van der Waals surface area contributed by atoms with Crippen molar-refractivity contribution >= 4 is 17.7 Å². The predicted molar refractivity (Wildman–Crippen MR) is 68.9 cm³/mol. The number of aliphatic carboxylic acids is 1. The molecule has 0 radical (unpaired) electrons. The molecule has 1 aliphatic rings. The van der Waals surface area contributed by atoms with Gasteiger partial charge in [0.05, 0.1) is 18.4 Å². The average molecular weight is 271 g/mol. The molecule has 0 unspecified atom stereocenters. The van der Waals surface area contributed by atoms with Crippen LogP contribution in [0, 0.1) is 16.5 Å². The Bertz CT molecular complexity index is 404. The Morgan fingerprint density at radius 1 is 1.58 bits per heavy atom. The van der Waals surface area contributed by atoms with Gasteiger partial charge in [-0.15, -0.1) is 0 Å². The lowest BCUT2D eigenvalue weighted by atomic mass is 9.71. The maximum Gasteiger partial charge on any atom is 0.306 e. The van der Waals surface area contributed by atoms with Gasteiger partial charge in [0.1, 0.15) is 0 Å². The Morgan fingerprint density at radius 3 is 2.74 bits per heavy atom. The minimum atomic E-state index is -0.895. The summed E-state index contributed by atoms with van der Waals surface area (Å²) >= 11 is 0. The number of hydrogen-bond acceptors (Lipinski definition) is 4. The van der Waals surface area contributed by atoms with Crippen molar-refractivity contribution in [1.82, 2.24) is 0 Å². The molecule has 0 aromatic carbocycles. The van der Waals surface area contributed by atoms with Crippen molar-refractivity contribution in [2.24, 2.45) is 11.3 Å². The van der Waals surface area contributed by atoms with Crippen molar-refractivity contribution in [3.05, 3.63) is 5.21 Å². The molecule has 0 aromatic heterocycles. The number of rotatable bonds is 6. The fraction of sp³-hybridized carbons (Fsp3) is 0.769. The molecule has 19 heavy (non-hydrogen) atoms. The summed E-state index contributed by atoms with van der Waals surface area (Å²) in [7, 11) is 0. The van der Waals surface area contributed by atoms with Crippen molar-refractivity contribution in [2.75, 3.05) is 13.2 Å². The van der Waals surface area contributed by atoms with E-state index < -0.39 is 11.4 Å². The van der Waals surface area contributed by atoms with E-state index in [0.29, 0.717) is 18.7 Å². The van der Waals surface area contributed by atoms with Crippen LogP contribution in [0.5, 0.6) is 0 Å². The number of ether oxygens (including phenoxy) is 1. The molecule has 2 atom stereocenters. The van der Waals surface area contributed by atoms with Crippen molar-refractivity contribution in [3.8, 4) is 0 Å². The number of nitrogens with zero attached hydrogens (tertiary/aromatic N) is 1. The molecule has 0 bridgehead atoms. The second kappa shape index (κ2) is 6.04. The molecule has 1 rings (SSSR count). The van der Waals surface area contributed by atoms with E-state index in [1.165, 1.54) is 0 Å². The van der Waals surface area contributed by atoms with E-state index in [1.54, 1.807) is 13.8 Å². The highest BCUT2D eigenvalue weighted by Crippen LogP contribution is 2.40. The van der Waals surface area contributed by atoms with E-state index in [9.17, 15) is 14.8 Å². The molecule has 0 fully saturated rings. The number of esters is 1. The van der Waals surface area contributed by atoms with E-state index in [0.717, 1.165) is 4.74 Å². The van der Waals surface area contributed by atoms with Gasteiger partial charge in [0.2, 0.25) is 0 Å². The molecule has 0 aromatic rings. The quantitative estimate of drug-likeness (QED) is 0.448. The van der Waals surface area contributed by atoms with E-state index in [4.69, 9.17) is 9.84 Å². The summed E-state index contributed by atoms with van der Waals surface area (Å²) in [5.74, 6) is -1.42. The monoisotopic (exact) mass is 271 g/mol. The molecule has 1 N–H and O–H groups in total. The van der Waals surface area contributed by atoms with Crippen LogP contribution < -0.4 is 0 Å². The third-order valence-electron chi connectivity index (χ3n) is 4.06. The first-order valence-electron chi connectivity index (χ1n) is 6.47. The number of hydroxylamine groups is 1. The molecule has 108 valence electrons. The Kier molecular flexibility index (Phi) is 4.91. The summed E-state index contributed by atoms with van der Waals surface area (Å²) < 4.78 is 5.77. The molecular weight excluding hydrogens is 250 g/mol. The lowest BCUT2D eigenvalue weighted by Crippen LogP contribution is -2.33. The zero-order valence-corrected chi connectivity index (χ0v) is 11.6. The van der Waals surface area contributed by atoms with Gasteiger partial charge in [-0.2, -0.15) is 0 Å². The van der Waals surface area contributed by atoms with Crippen LogP contribution in [0.3, 0.4) is 0 Å². The van der Waals surface area contributed by atoms with E-state index in [1.807, 2.05) is 6.92 Å². The van der Waals surface area contributed by atoms with Gasteiger partial charge in [-0.1, -0.05) is 0 Å². The average Bonchev–Trinajstić information content (AvgIpc) is 2.53. The maximum absolute atomic E-state index is 11.8. The third kappa shape index (κ3) is 3.45. The largest absolute Gasteiger partial charge is 0.624 e. The van der Waals surface area contributed by atoms with Gasteiger partial charge in [-0.3, -0.25) is 9.59 Å². The standard InChI is InChI=1S/C13H21NO5/c1-4-19-12(17)7-10-8-14(18)9(2)13(10,3)6-5-11(15)16/h10H,4-8H2,1-3H3,(H,15,16)/t10-,13-/m0/s1. The zero-order chi connectivity index (χ0) is 14.6. The first-order valence-corrected chi connectivity index (χ1v) is 6.47. The minimum absolute atomic E-state index is 0.0129. The first-order chi connectivity index (χ1) is 8.81. The topological polar surface area (TPSA) is 89.7 Å². The molecular formula is C13H21NO5. The van der Waals surface area contributed by atoms with E-state index in [-0.39, 0.29) is 31.3 Å². The van der Waals surface area contributed by atoms with Crippen molar-refractivity contribution < 1.29 is 24.2 Å². The van der Waals surface area contributed by atoms with Crippen LogP contribution in [-0.4, -0.2) is 40.6 Å². The van der Waals surface area contributed by atoms with Crippen LogP contribution in [0.15, 0.2) is 0 Å². The Hall–Kier alpha value is -1.59. The normalized spacial score (nSPS) is 26.6. The molecule has 0 saturated heterocycles. The van der Waals surface area contributed by atoms with Gasteiger partial charge >= 0.3 is 11.9 Å². The Balaban J connectivity index is 2.80. The van der Waals surface area contributed by atoms with Gasteiger partial charge in [0.15, 0.2) is 12.3 Å². The van der Waals surface area contributed by atoms with Crippen molar-refractivity contribution in [2.45, 2.75) is 40.0 Å². The summed E-state index contributed by atoms with van der Waals surface area (Å²) in [6.45, 7) is 5.82. The summed E-state index contributed by atoms with van der Waals surface area (Å²) in [5, 5.41) is 20.6. The van der Waals surface area contributed by atoms with Crippen LogP contribution in [0.2, 0.25) is 0 Å². The fourth-order valence-corrected chi connectivity index (χ4v) is 2.58. The lowest BCUT2D eigenvalue weighted by molar-refractivity contribution is -0.454. The minimum Gasteiger partial charge on any atom is -0.624 e. The number of hydrogen-bond donors (Lipinski definition) is 1. The van der Waals surface area contributed by atoms with Gasteiger partial charge < -0.3 is 15.1 Å². The van der Waals surface area contributed by atoms with Crippen LogP contribution in [-0.2, 0) is 14.3 Å². The molecule has 0 spiro atoms. The molecule has 6 nitrogen and oxygen atoms in total. The van der Waals surface area contributed by atoms with Gasteiger partial charge in [0.25, 0.3) is 0 Å². The Labute approximate surface area is 112 Å². The number of carboxylic acid groups (broad SMARTS) is 1. The molecule has 1 heterocycles. The number of carboxylic acids is 1. The summed E-state index contributed by atoms with van der Waals surface area (Å²) in [6, 6.07) is 0. The molecule has 0 amide bonds. The van der Waals surface area contributed by atoms with Crippen molar-refractivity contribution in [3.63, 3.8) is 0 Å². The summed E-state index contributed by atoms with van der Waals surface area (Å²) in [4.78, 5) is 22.3. The summed E-state index contributed by atoms with van der Waals surface area (Å²) in [6.07, 6.45) is 0.498. The van der Waals surface area contributed by atoms with E-state index in [2.05, 4.69) is 0 Å². The van der Waals surface area contributed by atoms with Gasteiger partial charge in [-0.25, -0.2) is 4.74 Å². The van der Waals surface area contributed by atoms with Crippen molar-refractivity contribution in [1.29, 1.82) is 0 Å². The molecule has 1 aliphatic heterocycles. The third-order valence-corrected chi connectivity index (χ3v) is 4.06. The maximum atomic E-state index is 11.8. The molecule has 6 heteroatoms. The number of carbonyl (C=O) groups is 2. The van der Waals surface area contributed by atoms with E-state index >= 15 is 0 Å². The van der Waals surface area contributed by atoms with Crippen LogP contribution in [0.1, 0.15) is 40.0 Å². The van der Waals surface area contributed by atoms with Crippen LogP contribution in [0.4, 0.5) is 0 Å². The molecule has 0 saturated carbocycles. The van der Waals surface area contributed by atoms with Crippen LogP contribution >= 0.6 is 0 Å². The predicted octanol–water partition coefficient (Wildman–Crippen LogP) is 1.41. The lowest BCUT2D eigenvalue weighted by Gasteiger charge is -2.26. The second-order valence-electron chi connectivity index (χ2n) is 5.16. The molecule has 0 aliphatic carbocycles. The van der Waals surface area contributed by atoms with Gasteiger partial charge in [0, 0.05) is 19.3 Å². The zero-order valence-electron chi connectivity index (χ0n) is 11.6. The smallest absolute Gasteiger partial charge is 0.306 e. The van der Waals surface area contributed by atoms with Gasteiger partial charge in [-0.05, 0) is 20.3 Å².